The zero-order valence-corrected chi connectivity index (χ0v) is 10.5. The highest BCUT2D eigenvalue weighted by Crippen LogP contribution is 2.43. The first-order valence-corrected chi connectivity index (χ1v) is 6.03. The van der Waals surface area contributed by atoms with Crippen molar-refractivity contribution in [3.05, 3.63) is 0 Å². The zero-order chi connectivity index (χ0) is 14.7. The van der Waals surface area contributed by atoms with Crippen molar-refractivity contribution >= 4 is 11.9 Å². The van der Waals surface area contributed by atoms with Gasteiger partial charge in [-0.1, -0.05) is 6.92 Å². The number of hydrogen-bond acceptors (Lipinski definition) is 3. The topological polar surface area (TPSA) is 78.4 Å². The molecule has 5 nitrogen and oxygen atoms in total. The summed E-state index contributed by atoms with van der Waals surface area (Å²) in [6.45, 7) is 0.958. The van der Waals surface area contributed by atoms with Gasteiger partial charge in [0.1, 0.15) is 0 Å². The van der Waals surface area contributed by atoms with E-state index < -0.39 is 35.9 Å². The molecule has 0 bridgehead atoms. The van der Waals surface area contributed by atoms with Crippen LogP contribution < -0.4 is 10.6 Å². The molecule has 0 aromatic heterocycles. The van der Waals surface area contributed by atoms with Gasteiger partial charge in [0.05, 0.1) is 5.92 Å². The molecule has 8 heteroatoms. The molecule has 0 aromatic rings. The number of alkyl halides is 3. The van der Waals surface area contributed by atoms with Crippen LogP contribution in [0.4, 0.5) is 13.2 Å². The molecule has 1 fully saturated rings. The van der Waals surface area contributed by atoms with Crippen LogP contribution in [0.2, 0.25) is 0 Å². The third kappa shape index (κ3) is 3.17. The second-order valence-corrected chi connectivity index (χ2v) is 4.66. The second kappa shape index (κ2) is 5.77. The van der Waals surface area contributed by atoms with Crippen LogP contribution in [0.3, 0.4) is 0 Å². The maximum atomic E-state index is 13.0. The van der Waals surface area contributed by atoms with Gasteiger partial charge in [-0.2, -0.15) is 13.2 Å². The van der Waals surface area contributed by atoms with Gasteiger partial charge < -0.3 is 15.7 Å². The summed E-state index contributed by atoms with van der Waals surface area (Å²) in [6.07, 6.45) is -4.73. The quantitative estimate of drug-likeness (QED) is 0.695. The maximum Gasteiger partial charge on any atom is 0.404 e. The molecule has 3 N–H and O–H groups in total. The van der Waals surface area contributed by atoms with Crippen LogP contribution in [-0.4, -0.2) is 42.8 Å². The van der Waals surface area contributed by atoms with Crippen molar-refractivity contribution in [3.63, 3.8) is 0 Å². The van der Waals surface area contributed by atoms with E-state index in [0.29, 0.717) is 0 Å². The van der Waals surface area contributed by atoms with E-state index in [4.69, 9.17) is 5.11 Å². The number of halogens is 3. The van der Waals surface area contributed by atoms with Crippen molar-refractivity contribution < 1.29 is 27.9 Å². The van der Waals surface area contributed by atoms with Crippen LogP contribution in [0.15, 0.2) is 0 Å². The number of carboxylic acids is 1. The van der Waals surface area contributed by atoms with Crippen LogP contribution in [0, 0.1) is 11.3 Å². The van der Waals surface area contributed by atoms with Gasteiger partial charge in [0.15, 0.2) is 5.41 Å². The van der Waals surface area contributed by atoms with E-state index in [0.717, 1.165) is 0 Å². The lowest BCUT2D eigenvalue weighted by Gasteiger charge is -2.29. The van der Waals surface area contributed by atoms with Gasteiger partial charge >= 0.3 is 12.1 Å². The smallest absolute Gasteiger partial charge is 0.404 e. The number of aliphatic carboxylic acids is 1. The van der Waals surface area contributed by atoms with Crippen molar-refractivity contribution in [1.29, 1.82) is 0 Å². The summed E-state index contributed by atoms with van der Waals surface area (Å²) in [5.41, 5.74) is -2.44. The third-order valence-corrected chi connectivity index (χ3v) is 3.48. The SMILES string of the molecule is CCC(CNC(=O)C1(C(F)(F)F)CCNC1)C(=O)O. The molecule has 0 radical (unpaired) electrons. The van der Waals surface area contributed by atoms with Gasteiger partial charge in [0.2, 0.25) is 5.91 Å². The second-order valence-electron chi connectivity index (χ2n) is 4.66. The molecule has 1 amide bonds. The van der Waals surface area contributed by atoms with Crippen molar-refractivity contribution in [2.24, 2.45) is 11.3 Å². The number of amides is 1. The normalized spacial score (nSPS) is 25.1. The van der Waals surface area contributed by atoms with Crippen molar-refractivity contribution in [2.75, 3.05) is 19.6 Å². The van der Waals surface area contributed by atoms with Crippen LogP contribution >= 0.6 is 0 Å². The Balaban J connectivity index is 2.72. The molecule has 1 aliphatic heterocycles. The van der Waals surface area contributed by atoms with Gasteiger partial charge in [-0.15, -0.1) is 0 Å². The van der Waals surface area contributed by atoms with Crippen molar-refractivity contribution in [1.82, 2.24) is 10.6 Å². The Morgan fingerprint density at radius 3 is 2.47 bits per heavy atom. The molecular weight excluding hydrogens is 265 g/mol. The van der Waals surface area contributed by atoms with E-state index >= 15 is 0 Å². The summed E-state index contributed by atoms with van der Waals surface area (Å²) in [5.74, 6) is -3.15. The predicted molar refractivity (Wildman–Crippen MR) is 60.4 cm³/mol. The minimum absolute atomic E-state index is 0.114. The summed E-state index contributed by atoms with van der Waals surface area (Å²) >= 11 is 0. The van der Waals surface area contributed by atoms with Gasteiger partial charge in [-0.3, -0.25) is 9.59 Å². The fourth-order valence-electron chi connectivity index (χ4n) is 2.05. The lowest BCUT2D eigenvalue weighted by molar-refractivity contribution is -0.216. The summed E-state index contributed by atoms with van der Waals surface area (Å²) in [5, 5.41) is 13.4. The highest BCUT2D eigenvalue weighted by Gasteiger charge is 2.61. The molecule has 1 rings (SSSR count). The van der Waals surface area contributed by atoms with E-state index in [2.05, 4.69) is 10.6 Å². The Morgan fingerprint density at radius 1 is 1.47 bits per heavy atom. The minimum atomic E-state index is -4.65. The van der Waals surface area contributed by atoms with E-state index in [1.165, 1.54) is 0 Å². The van der Waals surface area contributed by atoms with Gasteiger partial charge in [0.25, 0.3) is 0 Å². The number of hydrogen-bond donors (Lipinski definition) is 3. The molecule has 0 aromatic carbocycles. The monoisotopic (exact) mass is 282 g/mol. The molecule has 1 aliphatic rings. The minimum Gasteiger partial charge on any atom is -0.481 e. The first-order chi connectivity index (χ1) is 8.74. The molecule has 0 saturated carbocycles. The Labute approximate surface area is 108 Å². The Hall–Kier alpha value is -1.31. The maximum absolute atomic E-state index is 13.0. The summed E-state index contributed by atoms with van der Waals surface area (Å²) in [7, 11) is 0. The van der Waals surface area contributed by atoms with E-state index in [9.17, 15) is 22.8 Å². The number of carbonyl (C=O) groups excluding carboxylic acids is 1. The highest BCUT2D eigenvalue weighted by atomic mass is 19.4. The van der Waals surface area contributed by atoms with Gasteiger partial charge in [-0.05, 0) is 19.4 Å². The molecule has 110 valence electrons. The molecule has 19 heavy (non-hydrogen) atoms. The summed E-state index contributed by atoms with van der Waals surface area (Å²) in [4.78, 5) is 22.5. The number of nitrogens with one attached hydrogen (secondary N) is 2. The summed E-state index contributed by atoms with van der Waals surface area (Å²) in [6, 6.07) is 0. The fourth-order valence-corrected chi connectivity index (χ4v) is 2.05. The standard InChI is InChI=1S/C11H17F3N2O3/c1-2-7(8(17)18)5-16-9(19)10(11(12,13)14)3-4-15-6-10/h7,15H,2-6H2,1H3,(H,16,19)(H,17,18). The molecule has 1 heterocycles. The van der Waals surface area contributed by atoms with Crippen LogP contribution in [0.5, 0.6) is 0 Å². The molecule has 0 aliphatic carbocycles. The van der Waals surface area contributed by atoms with Gasteiger partial charge in [0, 0.05) is 13.1 Å². The van der Waals surface area contributed by atoms with Crippen LogP contribution in [0.25, 0.3) is 0 Å². The summed E-state index contributed by atoms with van der Waals surface area (Å²) < 4.78 is 39.0. The van der Waals surface area contributed by atoms with E-state index in [1.54, 1.807) is 6.92 Å². The van der Waals surface area contributed by atoms with Gasteiger partial charge in [-0.25, -0.2) is 0 Å². The molecule has 0 spiro atoms. The molecule has 1 saturated heterocycles. The predicted octanol–water partition coefficient (Wildman–Crippen LogP) is 0.755. The average Bonchev–Trinajstić information content (AvgIpc) is 2.78. The first kappa shape index (κ1) is 15.7. The van der Waals surface area contributed by atoms with E-state index in [1.807, 2.05) is 0 Å². The lowest BCUT2D eigenvalue weighted by atomic mass is 9.85. The highest BCUT2D eigenvalue weighted by molar-refractivity contribution is 5.84. The Kier molecular flexibility index (Phi) is 4.78. The average molecular weight is 282 g/mol. The van der Waals surface area contributed by atoms with Crippen molar-refractivity contribution in [3.8, 4) is 0 Å². The fraction of sp³-hybridized carbons (Fsp3) is 0.818. The van der Waals surface area contributed by atoms with Crippen molar-refractivity contribution in [2.45, 2.75) is 25.9 Å². The van der Waals surface area contributed by atoms with E-state index in [-0.39, 0.29) is 25.9 Å². The van der Waals surface area contributed by atoms with Crippen LogP contribution in [0.1, 0.15) is 19.8 Å². The molecule has 2 atom stereocenters. The van der Waals surface area contributed by atoms with Crippen LogP contribution in [-0.2, 0) is 9.59 Å². The Bertz CT molecular complexity index is 352. The first-order valence-electron chi connectivity index (χ1n) is 6.03. The molecular formula is C11H17F3N2O3. The number of rotatable bonds is 5. The zero-order valence-electron chi connectivity index (χ0n) is 10.5. The lowest BCUT2D eigenvalue weighted by Crippen LogP contribution is -2.53. The largest absolute Gasteiger partial charge is 0.481 e. The third-order valence-electron chi connectivity index (χ3n) is 3.48. The Morgan fingerprint density at radius 2 is 2.11 bits per heavy atom. The molecule has 2 unspecified atom stereocenters. The number of carboxylic acid groups (broad SMARTS) is 1. The number of carbonyl (C=O) groups is 2.